The number of nitrogens with zero attached hydrogens (tertiary/aromatic N) is 6. The minimum atomic E-state index is -0.0916. The number of nitrogens with two attached hydrogens (primary N) is 1. The van der Waals surface area contributed by atoms with Crippen molar-refractivity contribution >= 4 is 28.5 Å². The van der Waals surface area contributed by atoms with E-state index in [1.54, 1.807) is 27.7 Å². The molecule has 0 amide bonds. The van der Waals surface area contributed by atoms with E-state index in [1.807, 2.05) is 0 Å². The van der Waals surface area contributed by atoms with E-state index in [4.69, 9.17) is 17.3 Å². The van der Waals surface area contributed by atoms with Crippen LogP contribution in [0.3, 0.4) is 0 Å². The quantitative estimate of drug-likeness (QED) is 0.362. The van der Waals surface area contributed by atoms with Gasteiger partial charge in [0.2, 0.25) is 5.28 Å². The summed E-state index contributed by atoms with van der Waals surface area (Å²) in [7, 11) is 0. The number of nitrogen functional groups attached to an aromatic ring is 1. The van der Waals surface area contributed by atoms with E-state index in [0.717, 1.165) is 36.3 Å². The lowest BCUT2D eigenvalue weighted by atomic mass is 10.0. The van der Waals surface area contributed by atoms with Gasteiger partial charge in [0.05, 0.1) is 24.7 Å². The molecule has 9 nitrogen and oxygen atoms in total. The summed E-state index contributed by atoms with van der Waals surface area (Å²) in [5.74, 6) is 0.310. The molecule has 0 spiro atoms. The number of pyridine rings is 1. The average Bonchev–Trinajstić information content (AvgIpc) is 3.49. The molecule has 1 saturated heterocycles. The van der Waals surface area contributed by atoms with Crippen LogP contribution in [0.15, 0.2) is 47.5 Å². The fourth-order valence-electron chi connectivity index (χ4n) is 4.70. The summed E-state index contributed by atoms with van der Waals surface area (Å²) < 4.78 is 3.44. The Morgan fingerprint density at radius 1 is 1.00 bits per heavy atom. The van der Waals surface area contributed by atoms with Gasteiger partial charge in [-0.05, 0) is 72.3 Å². The standard InChI is InChI=1S/C25H28ClN7O2/c26-25-29-23(27)21-12-28-33(24(21)30-25)15-20-10-17(9-19(11-20)13-31-6-1-2-7-31)5-8-32-14-18(16-34)3-4-22(32)35/h3-4,9-12,14,34H,1-2,5-8,13,15-16H2,(H2,27,29,30). The van der Waals surface area contributed by atoms with Gasteiger partial charge in [-0.2, -0.15) is 10.1 Å². The summed E-state index contributed by atoms with van der Waals surface area (Å²) in [5, 5.41) is 14.7. The van der Waals surface area contributed by atoms with Crippen LogP contribution >= 0.6 is 11.6 Å². The van der Waals surface area contributed by atoms with E-state index in [1.165, 1.54) is 24.5 Å². The number of benzene rings is 1. The lowest BCUT2D eigenvalue weighted by Crippen LogP contribution is -2.21. The molecule has 0 radical (unpaired) electrons. The van der Waals surface area contributed by atoms with Crippen LogP contribution in [-0.4, -0.2) is 47.4 Å². The average molecular weight is 494 g/mol. The molecule has 3 aromatic heterocycles. The molecule has 0 unspecified atom stereocenters. The second-order valence-corrected chi connectivity index (χ2v) is 9.37. The van der Waals surface area contributed by atoms with Crippen LogP contribution in [0.4, 0.5) is 5.82 Å². The van der Waals surface area contributed by atoms with Crippen LogP contribution in [0.5, 0.6) is 0 Å². The van der Waals surface area contributed by atoms with Crippen molar-refractivity contribution < 1.29 is 5.11 Å². The zero-order valence-electron chi connectivity index (χ0n) is 19.4. The van der Waals surface area contributed by atoms with Crippen molar-refractivity contribution in [3.63, 3.8) is 0 Å². The van der Waals surface area contributed by atoms with Crippen molar-refractivity contribution in [1.82, 2.24) is 29.2 Å². The van der Waals surface area contributed by atoms with Crippen molar-refractivity contribution in [2.45, 2.75) is 45.5 Å². The highest BCUT2D eigenvalue weighted by Crippen LogP contribution is 2.22. The molecule has 1 aliphatic rings. The van der Waals surface area contributed by atoms with E-state index >= 15 is 0 Å². The molecule has 1 aromatic carbocycles. The summed E-state index contributed by atoms with van der Waals surface area (Å²) in [6, 6.07) is 9.74. The summed E-state index contributed by atoms with van der Waals surface area (Å²) in [6.07, 6.45) is 6.55. The Balaban J connectivity index is 1.44. The number of hydrogen-bond donors (Lipinski definition) is 2. The van der Waals surface area contributed by atoms with E-state index in [9.17, 15) is 9.90 Å². The third kappa shape index (κ3) is 5.37. The molecule has 35 heavy (non-hydrogen) atoms. The van der Waals surface area contributed by atoms with Crippen molar-refractivity contribution in [3.05, 3.63) is 80.6 Å². The van der Waals surface area contributed by atoms with Crippen LogP contribution in [0.25, 0.3) is 11.0 Å². The number of rotatable bonds is 8. The smallest absolute Gasteiger partial charge is 0.250 e. The molecule has 0 bridgehead atoms. The minimum Gasteiger partial charge on any atom is -0.392 e. The molecule has 0 atom stereocenters. The van der Waals surface area contributed by atoms with Gasteiger partial charge in [-0.15, -0.1) is 0 Å². The van der Waals surface area contributed by atoms with E-state index in [0.29, 0.717) is 36.4 Å². The zero-order chi connectivity index (χ0) is 24.4. The lowest BCUT2D eigenvalue weighted by molar-refractivity contribution is 0.280. The van der Waals surface area contributed by atoms with Crippen molar-refractivity contribution in [2.24, 2.45) is 0 Å². The van der Waals surface area contributed by atoms with Gasteiger partial charge < -0.3 is 15.4 Å². The van der Waals surface area contributed by atoms with Crippen LogP contribution in [-0.2, 0) is 32.7 Å². The number of halogens is 1. The Morgan fingerprint density at radius 3 is 2.51 bits per heavy atom. The molecule has 4 aromatic rings. The van der Waals surface area contributed by atoms with E-state index < -0.39 is 0 Å². The topological polar surface area (TPSA) is 115 Å². The van der Waals surface area contributed by atoms with Gasteiger partial charge in [-0.3, -0.25) is 9.69 Å². The summed E-state index contributed by atoms with van der Waals surface area (Å²) >= 11 is 6.04. The number of anilines is 1. The number of likely N-dealkylation sites (tertiary alicyclic amines) is 1. The van der Waals surface area contributed by atoms with E-state index in [-0.39, 0.29) is 17.4 Å². The van der Waals surface area contributed by atoms with Crippen molar-refractivity contribution in [2.75, 3.05) is 18.8 Å². The van der Waals surface area contributed by atoms with Gasteiger partial charge in [0.15, 0.2) is 5.65 Å². The summed E-state index contributed by atoms with van der Waals surface area (Å²) in [5.41, 5.74) is 10.7. The monoisotopic (exact) mass is 493 g/mol. The maximum Gasteiger partial charge on any atom is 0.250 e. The highest BCUT2D eigenvalue weighted by Gasteiger charge is 2.15. The number of aromatic nitrogens is 5. The fraction of sp³-hybridized carbons (Fsp3) is 0.360. The largest absolute Gasteiger partial charge is 0.392 e. The Labute approximate surface area is 207 Å². The molecule has 1 aliphatic heterocycles. The summed E-state index contributed by atoms with van der Waals surface area (Å²) in [4.78, 5) is 23.1. The van der Waals surface area contributed by atoms with E-state index in [2.05, 4.69) is 38.2 Å². The van der Waals surface area contributed by atoms with Gasteiger partial charge in [0.1, 0.15) is 5.82 Å². The van der Waals surface area contributed by atoms with Gasteiger partial charge in [-0.25, -0.2) is 9.67 Å². The molecule has 0 aliphatic carbocycles. The molecule has 10 heteroatoms. The molecule has 0 saturated carbocycles. The fourth-order valence-corrected chi connectivity index (χ4v) is 4.87. The predicted molar refractivity (Wildman–Crippen MR) is 135 cm³/mol. The number of fused-ring (bicyclic) bond motifs is 1. The SMILES string of the molecule is Nc1nc(Cl)nc2c1cnn2Cc1cc(CCn2cc(CO)ccc2=O)cc(CN2CCCC2)c1. The zero-order valence-corrected chi connectivity index (χ0v) is 20.2. The highest BCUT2D eigenvalue weighted by atomic mass is 35.5. The first-order chi connectivity index (χ1) is 17.0. The molecule has 182 valence electrons. The van der Waals surface area contributed by atoms with Crippen LogP contribution in [0, 0.1) is 0 Å². The van der Waals surface area contributed by atoms with Crippen LogP contribution in [0.1, 0.15) is 35.1 Å². The Bertz CT molecular complexity index is 1410. The Morgan fingerprint density at radius 2 is 1.74 bits per heavy atom. The van der Waals surface area contributed by atoms with Gasteiger partial charge in [-0.1, -0.05) is 18.2 Å². The number of hydrogen-bond acceptors (Lipinski definition) is 7. The number of aliphatic hydroxyl groups excluding tert-OH is 1. The second-order valence-electron chi connectivity index (χ2n) is 9.04. The van der Waals surface area contributed by atoms with Gasteiger partial charge in [0.25, 0.3) is 5.56 Å². The molecule has 3 N–H and O–H groups in total. The normalized spacial score (nSPS) is 14.2. The van der Waals surface area contributed by atoms with Crippen molar-refractivity contribution in [3.8, 4) is 0 Å². The third-order valence-corrected chi connectivity index (χ3v) is 6.59. The molecule has 1 fully saturated rings. The summed E-state index contributed by atoms with van der Waals surface area (Å²) in [6.45, 7) is 4.07. The lowest BCUT2D eigenvalue weighted by Gasteiger charge is -2.17. The van der Waals surface area contributed by atoms with Crippen molar-refractivity contribution in [1.29, 1.82) is 0 Å². The second kappa shape index (κ2) is 10.2. The first-order valence-corrected chi connectivity index (χ1v) is 12.1. The molecular formula is C25H28ClN7O2. The third-order valence-electron chi connectivity index (χ3n) is 6.42. The molecule has 4 heterocycles. The first kappa shape index (κ1) is 23.5. The predicted octanol–water partition coefficient (Wildman–Crippen LogP) is 2.60. The molecule has 5 rings (SSSR count). The maximum atomic E-state index is 12.3. The Kier molecular flexibility index (Phi) is 6.81. The Hall–Kier alpha value is -3.27. The first-order valence-electron chi connectivity index (χ1n) is 11.8. The number of aryl methyl sites for hydroxylation is 2. The maximum absolute atomic E-state index is 12.3. The van der Waals surface area contributed by atoms with Gasteiger partial charge in [0, 0.05) is 25.4 Å². The highest BCUT2D eigenvalue weighted by molar-refractivity contribution is 6.28. The van der Waals surface area contributed by atoms with Gasteiger partial charge >= 0.3 is 0 Å². The van der Waals surface area contributed by atoms with Crippen LogP contribution < -0.4 is 11.3 Å². The number of aliphatic hydroxyl groups is 1. The molecular weight excluding hydrogens is 466 g/mol. The van der Waals surface area contributed by atoms with Crippen LogP contribution in [0.2, 0.25) is 5.28 Å². The minimum absolute atomic E-state index is 0.0761.